The molecule has 1 aromatic heterocycles. The monoisotopic (exact) mass is 566 g/mol. The number of esters is 1. The van der Waals surface area contributed by atoms with Crippen LogP contribution >= 0.6 is 35.3 Å². The van der Waals surface area contributed by atoms with Crippen LogP contribution in [0.1, 0.15) is 54.1 Å². The second-order valence-electron chi connectivity index (χ2n) is 7.98. The van der Waals surface area contributed by atoms with E-state index < -0.39 is 0 Å². The summed E-state index contributed by atoms with van der Waals surface area (Å²) in [5.74, 6) is 0.960. The standard InChI is InChI=1S/C21H38N6O2S.HI/c1-7-22-21(23-13-15(3)14-27-11-9-26(6)10-12-27)25-17(5)19-24-16(4)18(30-19)20(28)29-8-2;/h15,17H,7-14H2,1-6H3,(H2,22,23,25);1H. The highest BCUT2D eigenvalue weighted by Gasteiger charge is 2.20. The Labute approximate surface area is 208 Å². The van der Waals surface area contributed by atoms with E-state index in [4.69, 9.17) is 9.73 Å². The Hall–Kier alpha value is -0.980. The summed E-state index contributed by atoms with van der Waals surface area (Å²) < 4.78 is 5.12. The minimum Gasteiger partial charge on any atom is -0.462 e. The molecule has 0 radical (unpaired) electrons. The largest absolute Gasteiger partial charge is 0.462 e. The Balaban J connectivity index is 0.00000480. The number of likely N-dealkylation sites (N-methyl/N-ethyl adjacent to an activating group) is 1. The van der Waals surface area contributed by atoms with Crippen molar-refractivity contribution in [1.82, 2.24) is 25.4 Å². The number of carbonyl (C=O) groups excluding carboxylic acids is 1. The van der Waals surface area contributed by atoms with Crippen LogP contribution in [0.2, 0.25) is 0 Å². The quantitative estimate of drug-likeness (QED) is 0.206. The summed E-state index contributed by atoms with van der Waals surface area (Å²) in [7, 11) is 2.18. The lowest BCUT2D eigenvalue weighted by molar-refractivity contribution is 0.0531. The fourth-order valence-electron chi connectivity index (χ4n) is 3.35. The van der Waals surface area contributed by atoms with Gasteiger partial charge in [0.25, 0.3) is 0 Å². The van der Waals surface area contributed by atoms with Gasteiger partial charge in [0.05, 0.1) is 18.3 Å². The van der Waals surface area contributed by atoms with Crippen LogP contribution in [-0.2, 0) is 4.74 Å². The number of hydrogen-bond donors (Lipinski definition) is 2. The SMILES string of the molecule is CCNC(=NCC(C)CN1CCN(C)CC1)NC(C)c1nc(C)c(C(=O)OCC)s1.I. The molecule has 1 aliphatic rings. The van der Waals surface area contributed by atoms with E-state index in [1.165, 1.54) is 11.3 Å². The number of ether oxygens (including phenoxy) is 1. The van der Waals surface area contributed by atoms with Crippen LogP contribution in [0, 0.1) is 12.8 Å². The van der Waals surface area contributed by atoms with Crippen molar-refractivity contribution in [3.8, 4) is 0 Å². The number of carbonyl (C=O) groups is 1. The van der Waals surface area contributed by atoms with Gasteiger partial charge in [-0.15, -0.1) is 35.3 Å². The summed E-state index contributed by atoms with van der Waals surface area (Å²) in [5, 5.41) is 7.59. The normalized spacial score (nSPS) is 17.5. The summed E-state index contributed by atoms with van der Waals surface area (Å²) in [4.78, 5) is 26.9. The molecule has 2 heterocycles. The third kappa shape index (κ3) is 9.19. The molecule has 2 unspecified atom stereocenters. The first kappa shape index (κ1) is 28.1. The highest BCUT2D eigenvalue weighted by molar-refractivity contribution is 14.0. The van der Waals surface area contributed by atoms with E-state index in [9.17, 15) is 4.79 Å². The maximum absolute atomic E-state index is 12.1. The first-order valence-electron chi connectivity index (χ1n) is 10.9. The van der Waals surface area contributed by atoms with E-state index in [0.717, 1.165) is 56.8 Å². The molecule has 1 saturated heterocycles. The van der Waals surface area contributed by atoms with E-state index in [2.05, 4.69) is 46.3 Å². The third-order valence-corrected chi connectivity index (χ3v) is 6.39. The second kappa shape index (κ2) is 14.2. The fraction of sp³-hybridized carbons (Fsp3) is 0.762. The van der Waals surface area contributed by atoms with Gasteiger partial charge < -0.3 is 25.2 Å². The Kier molecular flexibility index (Phi) is 12.9. The zero-order valence-electron chi connectivity index (χ0n) is 19.7. The lowest BCUT2D eigenvalue weighted by Gasteiger charge is -2.33. The number of piperazine rings is 1. The summed E-state index contributed by atoms with van der Waals surface area (Å²) in [5.41, 5.74) is 0.713. The summed E-state index contributed by atoms with van der Waals surface area (Å²) in [6.45, 7) is 17.5. The summed E-state index contributed by atoms with van der Waals surface area (Å²) in [6.07, 6.45) is 0. The van der Waals surface area contributed by atoms with Crippen LogP contribution in [0.4, 0.5) is 0 Å². The van der Waals surface area contributed by atoms with Gasteiger partial charge in [0.15, 0.2) is 5.96 Å². The topological polar surface area (TPSA) is 82.1 Å². The number of aromatic nitrogens is 1. The number of aryl methyl sites for hydroxylation is 1. The lowest BCUT2D eigenvalue weighted by Crippen LogP contribution is -2.46. The van der Waals surface area contributed by atoms with Crippen molar-refractivity contribution >= 4 is 47.2 Å². The number of hydrogen-bond acceptors (Lipinski definition) is 7. The minimum atomic E-state index is -0.302. The van der Waals surface area contributed by atoms with Crippen LogP contribution in [0.25, 0.3) is 0 Å². The number of guanidine groups is 1. The molecule has 0 bridgehead atoms. The molecule has 2 atom stereocenters. The van der Waals surface area contributed by atoms with Crippen molar-refractivity contribution in [2.45, 2.75) is 40.7 Å². The molecule has 0 saturated carbocycles. The molecule has 2 rings (SSSR count). The average Bonchev–Trinajstić information content (AvgIpc) is 3.10. The third-order valence-electron chi connectivity index (χ3n) is 5.07. The van der Waals surface area contributed by atoms with Crippen LogP contribution in [0.3, 0.4) is 0 Å². The number of rotatable bonds is 9. The van der Waals surface area contributed by atoms with Gasteiger partial charge in [-0.25, -0.2) is 9.78 Å². The van der Waals surface area contributed by atoms with Crippen LogP contribution in [-0.4, -0.2) is 86.2 Å². The van der Waals surface area contributed by atoms with Crippen LogP contribution in [0.5, 0.6) is 0 Å². The number of aliphatic imine (C=N–C) groups is 1. The predicted molar refractivity (Wildman–Crippen MR) is 139 cm³/mol. The number of thiazole rings is 1. The first-order valence-corrected chi connectivity index (χ1v) is 11.8. The van der Waals surface area contributed by atoms with Gasteiger partial charge in [-0.3, -0.25) is 4.99 Å². The summed E-state index contributed by atoms with van der Waals surface area (Å²) >= 11 is 1.38. The van der Waals surface area contributed by atoms with Crippen molar-refractivity contribution in [2.24, 2.45) is 10.9 Å². The Morgan fingerprint density at radius 1 is 1.26 bits per heavy atom. The zero-order chi connectivity index (χ0) is 22.1. The van der Waals surface area contributed by atoms with Gasteiger partial charge in [0.2, 0.25) is 0 Å². The summed E-state index contributed by atoms with van der Waals surface area (Å²) in [6, 6.07) is -0.0531. The van der Waals surface area contributed by atoms with E-state index in [-0.39, 0.29) is 36.0 Å². The Bertz CT molecular complexity index is 706. The molecule has 0 aromatic carbocycles. The van der Waals surface area contributed by atoms with Crippen molar-refractivity contribution < 1.29 is 9.53 Å². The molecule has 1 aromatic rings. The number of nitrogens with one attached hydrogen (secondary N) is 2. The smallest absolute Gasteiger partial charge is 0.350 e. The number of halogens is 1. The molecule has 1 fully saturated rings. The minimum absolute atomic E-state index is 0. The molecular weight excluding hydrogens is 527 g/mol. The van der Waals surface area contributed by atoms with Gasteiger partial charge in [0.1, 0.15) is 9.88 Å². The van der Waals surface area contributed by atoms with Gasteiger partial charge in [-0.05, 0) is 40.7 Å². The molecule has 8 nitrogen and oxygen atoms in total. The van der Waals surface area contributed by atoms with E-state index in [1.807, 2.05) is 20.8 Å². The maximum atomic E-state index is 12.1. The van der Waals surface area contributed by atoms with Gasteiger partial charge >= 0.3 is 5.97 Å². The van der Waals surface area contributed by atoms with Crippen LogP contribution in [0.15, 0.2) is 4.99 Å². The average molecular weight is 567 g/mol. The van der Waals surface area contributed by atoms with E-state index in [1.54, 1.807) is 0 Å². The van der Waals surface area contributed by atoms with Crippen molar-refractivity contribution in [1.29, 1.82) is 0 Å². The second-order valence-corrected chi connectivity index (χ2v) is 9.01. The van der Waals surface area contributed by atoms with Crippen molar-refractivity contribution in [2.75, 3.05) is 59.5 Å². The molecule has 0 amide bonds. The molecule has 10 heteroatoms. The highest BCUT2D eigenvalue weighted by atomic mass is 127. The van der Waals surface area contributed by atoms with E-state index >= 15 is 0 Å². The zero-order valence-corrected chi connectivity index (χ0v) is 22.9. The highest BCUT2D eigenvalue weighted by Crippen LogP contribution is 2.24. The Morgan fingerprint density at radius 3 is 2.55 bits per heavy atom. The van der Waals surface area contributed by atoms with Gasteiger partial charge in [-0.2, -0.15) is 0 Å². The van der Waals surface area contributed by atoms with Gasteiger partial charge in [0, 0.05) is 45.8 Å². The van der Waals surface area contributed by atoms with Gasteiger partial charge in [-0.1, -0.05) is 6.92 Å². The molecule has 31 heavy (non-hydrogen) atoms. The molecular formula is C21H39IN6O2S. The lowest BCUT2D eigenvalue weighted by atomic mass is 10.1. The van der Waals surface area contributed by atoms with Crippen molar-refractivity contribution in [3.63, 3.8) is 0 Å². The fourth-order valence-corrected chi connectivity index (χ4v) is 4.31. The molecule has 1 aliphatic heterocycles. The predicted octanol–water partition coefficient (Wildman–Crippen LogP) is 2.75. The first-order chi connectivity index (χ1) is 14.3. The number of nitrogens with zero attached hydrogens (tertiary/aromatic N) is 4. The molecule has 0 spiro atoms. The van der Waals surface area contributed by atoms with Crippen molar-refractivity contribution in [3.05, 3.63) is 15.6 Å². The molecule has 2 N–H and O–H groups in total. The molecule has 178 valence electrons. The van der Waals surface area contributed by atoms with Crippen LogP contribution < -0.4 is 10.6 Å². The van der Waals surface area contributed by atoms with E-state index in [0.29, 0.717) is 23.1 Å². The molecule has 0 aliphatic carbocycles. The maximum Gasteiger partial charge on any atom is 0.350 e. The Morgan fingerprint density at radius 2 is 1.94 bits per heavy atom.